The Morgan fingerprint density at radius 1 is 1.00 bits per heavy atom. The van der Waals surface area contributed by atoms with E-state index in [1.165, 1.54) is 16.7 Å². The fourth-order valence-electron chi connectivity index (χ4n) is 4.05. The number of fused-ring (bicyclic) bond motifs is 1. The summed E-state index contributed by atoms with van der Waals surface area (Å²) in [6.07, 6.45) is 0.0325. The van der Waals surface area contributed by atoms with E-state index in [0.29, 0.717) is 17.3 Å². The van der Waals surface area contributed by atoms with Crippen LogP contribution in [-0.2, 0) is 6.18 Å². The topological polar surface area (TPSA) is 43.1 Å². The normalized spacial score (nSPS) is 15.4. The van der Waals surface area contributed by atoms with Gasteiger partial charge in [-0.05, 0) is 49.5 Å². The summed E-state index contributed by atoms with van der Waals surface area (Å²) in [5.41, 5.74) is 1.54. The first kappa shape index (κ1) is 19.6. The highest BCUT2D eigenvalue weighted by Gasteiger charge is 2.30. The number of aromatic nitrogens is 3. The molecule has 1 saturated heterocycles. The molecule has 1 aliphatic rings. The van der Waals surface area contributed by atoms with Crippen molar-refractivity contribution in [1.82, 2.24) is 19.0 Å². The Morgan fingerprint density at radius 3 is 2.45 bits per heavy atom. The van der Waals surface area contributed by atoms with E-state index < -0.39 is 11.7 Å². The number of likely N-dealkylation sites (tertiary alicyclic amines) is 1. The predicted molar refractivity (Wildman–Crippen MR) is 112 cm³/mol. The van der Waals surface area contributed by atoms with Crippen LogP contribution >= 0.6 is 0 Å². The van der Waals surface area contributed by atoms with Gasteiger partial charge in [-0.2, -0.15) is 13.2 Å². The Balaban J connectivity index is 1.45. The van der Waals surface area contributed by atoms with Crippen LogP contribution in [-0.4, -0.2) is 39.2 Å². The van der Waals surface area contributed by atoms with Gasteiger partial charge in [0.15, 0.2) is 0 Å². The van der Waals surface area contributed by atoms with E-state index in [1.807, 2.05) is 24.3 Å². The first-order valence-electron chi connectivity index (χ1n) is 9.85. The highest BCUT2D eigenvalue weighted by Crippen LogP contribution is 2.30. The number of hydrogen-bond acceptors (Lipinski definition) is 3. The van der Waals surface area contributed by atoms with Crippen LogP contribution in [0, 0.1) is 0 Å². The van der Waals surface area contributed by atoms with Gasteiger partial charge >= 0.3 is 6.18 Å². The lowest BCUT2D eigenvalue weighted by atomic mass is 10.1. The average Bonchev–Trinajstić information content (AvgIpc) is 3.13. The van der Waals surface area contributed by atoms with E-state index in [0.717, 1.165) is 41.9 Å². The molecule has 0 bridgehead atoms. The van der Waals surface area contributed by atoms with E-state index in [2.05, 4.69) is 27.7 Å². The largest absolute Gasteiger partial charge is 0.417 e. The van der Waals surface area contributed by atoms with Crippen molar-refractivity contribution >= 4 is 10.9 Å². The third-order valence-corrected chi connectivity index (χ3v) is 5.73. The Labute approximate surface area is 176 Å². The lowest BCUT2D eigenvalue weighted by molar-refractivity contribution is -0.137. The summed E-state index contributed by atoms with van der Waals surface area (Å²) in [5.74, 6) is 0. The second-order valence-corrected chi connectivity index (χ2v) is 7.89. The van der Waals surface area contributed by atoms with Crippen LogP contribution in [0.1, 0.15) is 11.6 Å². The molecule has 1 aromatic carbocycles. The van der Waals surface area contributed by atoms with Crippen molar-refractivity contribution in [3.63, 3.8) is 0 Å². The van der Waals surface area contributed by atoms with Gasteiger partial charge < -0.3 is 9.47 Å². The minimum absolute atomic E-state index is 0.279. The molecule has 158 valence electrons. The molecule has 0 N–H and O–H groups in total. The van der Waals surface area contributed by atoms with Crippen molar-refractivity contribution in [3.8, 4) is 16.9 Å². The molecular formula is C23H19F3N4O. The molecule has 1 aliphatic heterocycles. The van der Waals surface area contributed by atoms with Gasteiger partial charge in [0.2, 0.25) is 0 Å². The van der Waals surface area contributed by atoms with Gasteiger partial charge in [-0.1, -0.05) is 0 Å². The molecule has 3 aromatic heterocycles. The monoisotopic (exact) mass is 424 g/mol. The SMILES string of the molecule is CN1CC(n2ccc3cc(-n4ccc(-c5ccc(C(F)(F)F)cn5)cc4=O)ccc32)C1. The van der Waals surface area contributed by atoms with Crippen molar-refractivity contribution in [2.75, 3.05) is 20.1 Å². The van der Waals surface area contributed by atoms with Crippen molar-refractivity contribution < 1.29 is 13.2 Å². The minimum Gasteiger partial charge on any atom is -0.342 e. The van der Waals surface area contributed by atoms with Gasteiger partial charge in [-0.15, -0.1) is 0 Å². The molecule has 0 unspecified atom stereocenters. The molecule has 31 heavy (non-hydrogen) atoms. The second-order valence-electron chi connectivity index (χ2n) is 7.89. The fraction of sp³-hybridized carbons (Fsp3) is 0.217. The lowest BCUT2D eigenvalue weighted by Crippen LogP contribution is -2.44. The standard InChI is InChI=1S/C23H19F3N4O/c1-28-13-19(14-28)29-8-7-16-10-18(3-5-21(16)29)30-9-6-15(11-22(30)31)20-4-2-17(12-27-20)23(24,25)26/h2-12,19H,13-14H2,1H3. The summed E-state index contributed by atoms with van der Waals surface area (Å²) in [6, 6.07) is 13.7. The smallest absolute Gasteiger partial charge is 0.342 e. The first-order valence-corrected chi connectivity index (χ1v) is 9.85. The minimum atomic E-state index is -4.44. The van der Waals surface area contributed by atoms with Gasteiger partial charge in [-0.3, -0.25) is 14.3 Å². The van der Waals surface area contributed by atoms with E-state index in [9.17, 15) is 18.0 Å². The lowest BCUT2D eigenvalue weighted by Gasteiger charge is -2.37. The Kier molecular flexibility index (Phi) is 4.48. The van der Waals surface area contributed by atoms with Crippen LogP contribution in [0.25, 0.3) is 27.8 Å². The Hall–Kier alpha value is -3.39. The van der Waals surface area contributed by atoms with Crippen molar-refractivity contribution in [1.29, 1.82) is 0 Å². The molecule has 0 amide bonds. The zero-order valence-electron chi connectivity index (χ0n) is 16.7. The number of alkyl halides is 3. The number of benzene rings is 1. The molecule has 4 aromatic rings. The summed E-state index contributed by atoms with van der Waals surface area (Å²) >= 11 is 0. The summed E-state index contributed by atoms with van der Waals surface area (Å²) in [7, 11) is 2.09. The fourth-order valence-corrected chi connectivity index (χ4v) is 4.05. The molecule has 4 heterocycles. The third-order valence-electron chi connectivity index (χ3n) is 5.73. The van der Waals surface area contributed by atoms with Crippen LogP contribution in [0.3, 0.4) is 0 Å². The molecule has 0 saturated carbocycles. The maximum atomic E-state index is 12.7. The zero-order valence-corrected chi connectivity index (χ0v) is 16.7. The summed E-state index contributed by atoms with van der Waals surface area (Å²) in [5, 5.41) is 1.05. The van der Waals surface area contributed by atoms with Crippen LogP contribution < -0.4 is 5.56 Å². The molecule has 0 aliphatic carbocycles. The number of pyridine rings is 2. The number of nitrogens with zero attached hydrogens (tertiary/aromatic N) is 4. The van der Waals surface area contributed by atoms with Gasteiger partial charge in [0.25, 0.3) is 5.56 Å². The Bertz CT molecular complexity index is 1320. The van der Waals surface area contributed by atoms with E-state index in [-0.39, 0.29) is 5.56 Å². The Morgan fingerprint density at radius 2 is 1.81 bits per heavy atom. The molecular weight excluding hydrogens is 405 g/mol. The number of halogens is 3. The van der Waals surface area contributed by atoms with Gasteiger partial charge in [0.1, 0.15) is 0 Å². The predicted octanol–water partition coefficient (Wildman–Crippen LogP) is 4.36. The molecule has 5 rings (SSSR count). The quantitative estimate of drug-likeness (QED) is 0.491. The van der Waals surface area contributed by atoms with Gasteiger partial charge in [0.05, 0.1) is 17.3 Å². The summed E-state index contributed by atoms with van der Waals surface area (Å²) in [6.45, 7) is 2.04. The molecule has 8 heteroatoms. The number of likely N-dealkylation sites (N-methyl/N-ethyl adjacent to an activating group) is 1. The second kappa shape index (κ2) is 7.09. The van der Waals surface area contributed by atoms with Crippen LogP contribution in [0.5, 0.6) is 0 Å². The van der Waals surface area contributed by atoms with Gasteiger partial charge in [0, 0.05) is 59.9 Å². The van der Waals surface area contributed by atoms with E-state index >= 15 is 0 Å². The van der Waals surface area contributed by atoms with E-state index in [4.69, 9.17) is 0 Å². The zero-order chi connectivity index (χ0) is 21.8. The summed E-state index contributed by atoms with van der Waals surface area (Å²) < 4.78 is 42.0. The third kappa shape index (κ3) is 3.53. The van der Waals surface area contributed by atoms with Crippen molar-refractivity contribution in [2.45, 2.75) is 12.2 Å². The van der Waals surface area contributed by atoms with Gasteiger partial charge in [-0.25, -0.2) is 0 Å². The average molecular weight is 424 g/mol. The maximum Gasteiger partial charge on any atom is 0.417 e. The summed E-state index contributed by atoms with van der Waals surface area (Å²) in [4.78, 5) is 18.9. The molecule has 0 radical (unpaired) electrons. The highest BCUT2D eigenvalue weighted by atomic mass is 19.4. The van der Waals surface area contributed by atoms with Crippen molar-refractivity contribution in [2.24, 2.45) is 0 Å². The maximum absolute atomic E-state index is 12.7. The number of rotatable bonds is 3. The highest BCUT2D eigenvalue weighted by molar-refractivity contribution is 5.82. The number of hydrogen-bond donors (Lipinski definition) is 0. The molecule has 1 fully saturated rings. The first-order chi connectivity index (χ1) is 14.8. The molecule has 0 spiro atoms. The molecule has 0 atom stereocenters. The van der Waals surface area contributed by atoms with E-state index in [1.54, 1.807) is 12.3 Å². The van der Waals surface area contributed by atoms with Crippen molar-refractivity contribution in [3.05, 3.63) is 83.0 Å². The van der Waals surface area contributed by atoms with Crippen LogP contribution in [0.2, 0.25) is 0 Å². The van der Waals surface area contributed by atoms with Crippen LogP contribution in [0.15, 0.2) is 71.9 Å². The van der Waals surface area contributed by atoms with Crippen LogP contribution in [0.4, 0.5) is 13.2 Å². The molecule has 5 nitrogen and oxygen atoms in total.